The number of nitrogen functional groups attached to an aromatic ring is 1. The van der Waals surface area contributed by atoms with Gasteiger partial charge >= 0.3 is 0 Å². The number of ether oxygens (including phenoxy) is 3. The number of amides is 2. The minimum absolute atomic E-state index is 0.218. The van der Waals surface area contributed by atoms with Crippen LogP contribution in [-0.4, -0.2) is 33.1 Å². The maximum Gasteiger partial charge on any atom is 0.271 e. The third-order valence-corrected chi connectivity index (χ3v) is 3.42. The van der Waals surface area contributed by atoms with Gasteiger partial charge in [0.2, 0.25) is 5.75 Å². The van der Waals surface area contributed by atoms with E-state index in [-0.39, 0.29) is 11.1 Å². The van der Waals surface area contributed by atoms with Gasteiger partial charge in [0, 0.05) is 11.3 Å². The molecule has 0 unspecified atom stereocenters. The Balaban J connectivity index is 2.16. The van der Waals surface area contributed by atoms with Crippen LogP contribution in [0, 0.1) is 0 Å². The van der Waals surface area contributed by atoms with E-state index in [9.17, 15) is 9.59 Å². The van der Waals surface area contributed by atoms with Crippen LogP contribution >= 0.6 is 0 Å². The van der Waals surface area contributed by atoms with Gasteiger partial charge in [-0.05, 0) is 24.3 Å². The Bertz CT molecular complexity index is 767. The van der Waals surface area contributed by atoms with Crippen molar-refractivity contribution in [1.82, 2.24) is 10.9 Å². The van der Waals surface area contributed by atoms with E-state index in [2.05, 4.69) is 10.9 Å². The first-order valence-electron chi connectivity index (χ1n) is 7.27. The molecule has 0 fully saturated rings. The Morgan fingerprint density at radius 1 is 0.880 bits per heavy atom. The molecule has 2 rings (SSSR count). The predicted octanol–water partition coefficient (Wildman–Crippen LogP) is 1.37. The number of nitrogens with one attached hydrogen (secondary N) is 2. The fourth-order valence-electron chi connectivity index (χ4n) is 2.17. The quantitative estimate of drug-likeness (QED) is 0.557. The first kappa shape index (κ1) is 17.9. The molecule has 0 bridgehead atoms. The fraction of sp³-hybridized carbons (Fsp3) is 0.176. The van der Waals surface area contributed by atoms with Crippen LogP contribution in [0.15, 0.2) is 36.4 Å². The number of methoxy groups -OCH3 is 3. The standard InChI is InChI=1S/C17H19N3O5/c1-23-13-8-10(9-14(24-2)15(13)25-3)16(21)19-20-17(22)11-6-4-5-7-12(11)18/h4-9H,18H2,1-3H3,(H,19,21)(H,20,22). The molecule has 2 aromatic carbocycles. The van der Waals surface area contributed by atoms with Gasteiger partial charge < -0.3 is 19.9 Å². The average Bonchev–Trinajstić information content (AvgIpc) is 2.64. The van der Waals surface area contributed by atoms with Gasteiger partial charge in [0.1, 0.15) is 0 Å². The van der Waals surface area contributed by atoms with Crippen LogP contribution in [0.25, 0.3) is 0 Å². The molecule has 0 spiro atoms. The van der Waals surface area contributed by atoms with E-state index in [1.54, 1.807) is 24.3 Å². The zero-order chi connectivity index (χ0) is 18.4. The monoisotopic (exact) mass is 345 g/mol. The van der Waals surface area contributed by atoms with Crippen molar-refractivity contribution in [2.45, 2.75) is 0 Å². The van der Waals surface area contributed by atoms with Gasteiger partial charge in [-0.15, -0.1) is 0 Å². The molecule has 0 saturated heterocycles. The number of hydrogen-bond donors (Lipinski definition) is 3. The summed E-state index contributed by atoms with van der Waals surface area (Å²) in [6.45, 7) is 0. The Morgan fingerprint density at radius 2 is 1.44 bits per heavy atom. The Hall–Kier alpha value is -3.42. The summed E-state index contributed by atoms with van der Waals surface area (Å²) in [5.74, 6) is -0.0695. The van der Waals surface area contributed by atoms with Crippen molar-refractivity contribution in [3.05, 3.63) is 47.5 Å². The zero-order valence-corrected chi connectivity index (χ0v) is 14.1. The molecule has 8 heteroatoms. The third kappa shape index (κ3) is 3.92. The van der Waals surface area contributed by atoms with Crippen LogP contribution in [0.1, 0.15) is 20.7 Å². The molecule has 132 valence electrons. The predicted molar refractivity (Wildman–Crippen MR) is 91.9 cm³/mol. The largest absolute Gasteiger partial charge is 0.493 e. The highest BCUT2D eigenvalue weighted by molar-refractivity contribution is 6.02. The highest BCUT2D eigenvalue weighted by Crippen LogP contribution is 2.38. The van der Waals surface area contributed by atoms with Crippen molar-refractivity contribution in [2.75, 3.05) is 27.1 Å². The third-order valence-electron chi connectivity index (χ3n) is 3.42. The minimum atomic E-state index is -0.554. The van der Waals surface area contributed by atoms with Crippen molar-refractivity contribution < 1.29 is 23.8 Å². The van der Waals surface area contributed by atoms with Gasteiger partial charge in [-0.25, -0.2) is 0 Å². The van der Waals surface area contributed by atoms with Gasteiger partial charge in [-0.3, -0.25) is 20.4 Å². The van der Waals surface area contributed by atoms with Crippen molar-refractivity contribution in [1.29, 1.82) is 0 Å². The SMILES string of the molecule is COc1cc(C(=O)NNC(=O)c2ccccc2N)cc(OC)c1OC. The fourth-order valence-corrected chi connectivity index (χ4v) is 2.17. The number of carbonyl (C=O) groups is 2. The lowest BCUT2D eigenvalue weighted by atomic mass is 10.1. The molecule has 0 aliphatic rings. The van der Waals surface area contributed by atoms with E-state index in [0.29, 0.717) is 22.9 Å². The lowest BCUT2D eigenvalue weighted by Gasteiger charge is -2.14. The second kappa shape index (κ2) is 7.91. The van der Waals surface area contributed by atoms with Crippen LogP contribution in [0.4, 0.5) is 5.69 Å². The number of para-hydroxylation sites is 1. The summed E-state index contributed by atoms with van der Waals surface area (Å²) in [7, 11) is 4.35. The molecule has 0 heterocycles. The summed E-state index contributed by atoms with van der Waals surface area (Å²) in [5.41, 5.74) is 11.1. The molecule has 25 heavy (non-hydrogen) atoms. The average molecular weight is 345 g/mol. The maximum absolute atomic E-state index is 12.3. The highest BCUT2D eigenvalue weighted by atomic mass is 16.5. The van der Waals surface area contributed by atoms with Gasteiger partial charge in [0.15, 0.2) is 11.5 Å². The summed E-state index contributed by atoms with van der Waals surface area (Å²) in [4.78, 5) is 24.4. The van der Waals surface area contributed by atoms with Crippen LogP contribution < -0.4 is 30.8 Å². The van der Waals surface area contributed by atoms with Crippen LogP contribution in [0.2, 0.25) is 0 Å². The summed E-state index contributed by atoms with van der Waals surface area (Å²) < 4.78 is 15.6. The van der Waals surface area contributed by atoms with E-state index in [0.717, 1.165) is 0 Å². The smallest absolute Gasteiger partial charge is 0.271 e. The van der Waals surface area contributed by atoms with E-state index in [1.807, 2.05) is 0 Å². The van der Waals surface area contributed by atoms with E-state index < -0.39 is 11.8 Å². The van der Waals surface area contributed by atoms with Gasteiger partial charge in [0.05, 0.1) is 26.9 Å². The molecule has 0 atom stereocenters. The van der Waals surface area contributed by atoms with Crippen molar-refractivity contribution in [3.8, 4) is 17.2 Å². The first-order chi connectivity index (χ1) is 12.0. The van der Waals surface area contributed by atoms with Crippen molar-refractivity contribution in [3.63, 3.8) is 0 Å². The lowest BCUT2D eigenvalue weighted by Crippen LogP contribution is -2.41. The molecular formula is C17H19N3O5. The molecule has 4 N–H and O–H groups in total. The summed E-state index contributed by atoms with van der Waals surface area (Å²) in [5, 5.41) is 0. The Labute approximate surface area is 144 Å². The maximum atomic E-state index is 12.3. The first-order valence-corrected chi connectivity index (χ1v) is 7.27. The van der Waals surface area contributed by atoms with Crippen LogP contribution in [0.3, 0.4) is 0 Å². The molecule has 0 aliphatic carbocycles. The number of anilines is 1. The molecule has 0 aliphatic heterocycles. The van der Waals surface area contributed by atoms with E-state index in [1.165, 1.54) is 33.5 Å². The number of nitrogens with two attached hydrogens (primary N) is 1. The summed E-state index contributed by atoms with van der Waals surface area (Å²) >= 11 is 0. The molecule has 0 aromatic heterocycles. The normalized spacial score (nSPS) is 9.88. The molecule has 2 aromatic rings. The summed E-state index contributed by atoms with van der Waals surface area (Å²) in [6.07, 6.45) is 0. The van der Waals surface area contributed by atoms with Crippen molar-refractivity contribution in [2.24, 2.45) is 0 Å². The summed E-state index contributed by atoms with van der Waals surface area (Å²) in [6, 6.07) is 9.47. The number of benzene rings is 2. The minimum Gasteiger partial charge on any atom is -0.493 e. The zero-order valence-electron chi connectivity index (χ0n) is 14.1. The molecule has 0 radical (unpaired) electrons. The Kier molecular flexibility index (Phi) is 5.67. The second-order valence-corrected chi connectivity index (χ2v) is 4.91. The Morgan fingerprint density at radius 3 is 1.96 bits per heavy atom. The van der Waals surface area contributed by atoms with E-state index >= 15 is 0 Å². The van der Waals surface area contributed by atoms with Crippen LogP contribution in [-0.2, 0) is 0 Å². The molecule has 8 nitrogen and oxygen atoms in total. The lowest BCUT2D eigenvalue weighted by molar-refractivity contribution is 0.0847. The molecule has 2 amide bonds. The molecule has 0 saturated carbocycles. The molecular weight excluding hydrogens is 326 g/mol. The van der Waals surface area contributed by atoms with Gasteiger partial charge in [-0.2, -0.15) is 0 Å². The van der Waals surface area contributed by atoms with Gasteiger partial charge in [0.25, 0.3) is 11.8 Å². The number of hydrazine groups is 1. The number of hydrogen-bond acceptors (Lipinski definition) is 6. The van der Waals surface area contributed by atoms with Gasteiger partial charge in [-0.1, -0.05) is 12.1 Å². The van der Waals surface area contributed by atoms with Crippen LogP contribution in [0.5, 0.6) is 17.2 Å². The van der Waals surface area contributed by atoms with E-state index in [4.69, 9.17) is 19.9 Å². The number of carbonyl (C=O) groups excluding carboxylic acids is 2. The van der Waals surface area contributed by atoms with Crippen molar-refractivity contribution >= 4 is 17.5 Å². The number of rotatable bonds is 5. The second-order valence-electron chi connectivity index (χ2n) is 4.91. The topological polar surface area (TPSA) is 112 Å². The highest BCUT2D eigenvalue weighted by Gasteiger charge is 2.18.